The first-order valence-corrected chi connectivity index (χ1v) is 14.1. The highest BCUT2D eigenvalue weighted by atomic mass is 16.5. The summed E-state index contributed by atoms with van der Waals surface area (Å²) in [7, 11) is 3.32. The maximum absolute atomic E-state index is 13.2. The van der Waals surface area contributed by atoms with E-state index >= 15 is 0 Å². The van der Waals surface area contributed by atoms with Crippen LogP contribution >= 0.6 is 0 Å². The van der Waals surface area contributed by atoms with Crippen LogP contribution in [0.1, 0.15) is 37.4 Å². The summed E-state index contributed by atoms with van der Waals surface area (Å²) >= 11 is 0. The van der Waals surface area contributed by atoms with E-state index in [-0.39, 0.29) is 11.8 Å². The molecule has 2 N–H and O–H groups in total. The second kappa shape index (κ2) is 12.3. The number of nitrogens with one attached hydrogen (secondary N) is 2. The lowest BCUT2D eigenvalue weighted by Crippen LogP contribution is -2.30. The van der Waals surface area contributed by atoms with Gasteiger partial charge < -0.3 is 20.1 Å². The molecule has 8 nitrogen and oxygen atoms in total. The fourth-order valence-electron chi connectivity index (χ4n) is 5.41. The van der Waals surface area contributed by atoms with E-state index in [1.165, 1.54) is 11.1 Å². The molecule has 8 heteroatoms. The van der Waals surface area contributed by atoms with Crippen molar-refractivity contribution in [2.75, 3.05) is 31.4 Å². The third-order valence-corrected chi connectivity index (χ3v) is 7.69. The van der Waals surface area contributed by atoms with Crippen LogP contribution < -0.4 is 20.1 Å². The van der Waals surface area contributed by atoms with Crippen LogP contribution in [0.15, 0.2) is 97.2 Å². The minimum atomic E-state index is -0.333. The summed E-state index contributed by atoms with van der Waals surface area (Å²) in [5.41, 5.74) is 6.39. The molecule has 0 unspecified atom stereocenters. The fraction of sp³-hybridized carbons (Fsp3) is 0.171. The zero-order chi connectivity index (χ0) is 29.8. The van der Waals surface area contributed by atoms with Crippen LogP contribution in [0.3, 0.4) is 0 Å². The minimum Gasteiger partial charge on any atom is -0.493 e. The maximum Gasteiger partial charge on any atom is 0.257 e. The van der Waals surface area contributed by atoms with Crippen molar-refractivity contribution in [1.29, 1.82) is 0 Å². The summed E-state index contributed by atoms with van der Waals surface area (Å²) in [5, 5.41) is 6.71. The maximum atomic E-state index is 13.2. The number of benzene rings is 4. The molecule has 6 rings (SSSR count). The molecule has 0 saturated carbocycles. The molecule has 0 aliphatic carbocycles. The standard InChI is InChI=1S/C35H32N4O4/c1-42-32-18-24-15-16-39(22-27(24)19-33(32)43-2)21-23-11-13-28(14-12-23)37-35(41)29-8-4-6-10-31(29)38-34(40)26-17-25-7-3-5-9-30(25)36-20-26/h3-14,17-20H,15-16,21-22H2,1-2H3,(H,37,41)(H,38,40). The highest BCUT2D eigenvalue weighted by molar-refractivity contribution is 6.13. The van der Waals surface area contributed by atoms with E-state index < -0.39 is 0 Å². The lowest BCUT2D eigenvalue weighted by molar-refractivity contribution is 0.102. The van der Waals surface area contributed by atoms with Crippen molar-refractivity contribution in [2.45, 2.75) is 19.5 Å². The molecule has 0 saturated heterocycles. The van der Waals surface area contributed by atoms with Gasteiger partial charge in [0.2, 0.25) is 0 Å². The van der Waals surface area contributed by atoms with E-state index in [4.69, 9.17) is 9.47 Å². The number of anilines is 2. The number of fused-ring (bicyclic) bond motifs is 2. The summed E-state index contributed by atoms with van der Waals surface area (Å²) in [6.45, 7) is 2.56. The molecule has 0 fully saturated rings. The molecule has 2 amide bonds. The molecule has 1 aliphatic heterocycles. The SMILES string of the molecule is COc1cc2c(cc1OC)CN(Cc1ccc(NC(=O)c3ccccc3NC(=O)c3cnc4ccccc4c3)cc1)CC2. The van der Waals surface area contributed by atoms with Crippen LogP contribution in [0, 0.1) is 0 Å². The highest BCUT2D eigenvalue weighted by Crippen LogP contribution is 2.33. The number of hydrogen-bond donors (Lipinski definition) is 2. The van der Waals surface area contributed by atoms with Gasteiger partial charge in [0.05, 0.1) is 36.6 Å². The van der Waals surface area contributed by atoms with Crippen molar-refractivity contribution in [2.24, 2.45) is 0 Å². The summed E-state index contributed by atoms with van der Waals surface area (Å²) in [6, 6.07) is 28.4. The van der Waals surface area contributed by atoms with E-state index in [1.807, 2.05) is 48.5 Å². The van der Waals surface area contributed by atoms with Crippen molar-refractivity contribution < 1.29 is 19.1 Å². The summed E-state index contributed by atoms with van der Waals surface area (Å²) in [6.07, 6.45) is 2.48. The second-order valence-electron chi connectivity index (χ2n) is 10.5. The highest BCUT2D eigenvalue weighted by Gasteiger charge is 2.20. The number of nitrogens with zero attached hydrogens (tertiary/aromatic N) is 2. The van der Waals surface area contributed by atoms with Gasteiger partial charge in [0, 0.05) is 36.9 Å². The smallest absolute Gasteiger partial charge is 0.257 e. The van der Waals surface area contributed by atoms with Gasteiger partial charge >= 0.3 is 0 Å². The van der Waals surface area contributed by atoms with Crippen molar-refractivity contribution in [3.05, 3.63) is 125 Å². The summed E-state index contributed by atoms with van der Waals surface area (Å²) in [5.74, 6) is 0.868. The molecule has 4 aromatic carbocycles. The van der Waals surface area contributed by atoms with Gasteiger partial charge in [-0.1, -0.05) is 42.5 Å². The van der Waals surface area contributed by atoms with Gasteiger partial charge in [0.15, 0.2) is 11.5 Å². The van der Waals surface area contributed by atoms with Gasteiger partial charge in [0.25, 0.3) is 11.8 Å². The molecule has 1 aromatic heterocycles. The number of para-hydroxylation sites is 2. The van der Waals surface area contributed by atoms with E-state index in [1.54, 1.807) is 50.7 Å². The molecular weight excluding hydrogens is 540 g/mol. The largest absolute Gasteiger partial charge is 0.493 e. The first-order valence-electron chi connectivity index (χ1n) is 14.1. The Bertz CT molecular complexity index is 1800. The Morgan fingerprint density at radius 2 is 1.53 bits per heavy atom. The summed E-state index contributed by atoms with van der Waals surface area (Å²) < 4.78 is 10.9. The molecular formula is C35H32N4O4. The van der Waals surface area contributed by atoms with E-state index in [0.29, 0.717) is 22.5 Å². The number of hydrogen-bond acceptors (Lipinski definition) is 6. The van der Waals surface area contributed by atoms with Crippen molar-refractivity contribution in [3.8, 4) is 11.5 Å². The van der Waals surface area contributed by atoms with Crippen LogP contribution in [0.25, 0.3) is 10.9 Å². The molecule has 0 radical (unpaired) electrons. The van der Waals surface area contributed by atoms with Gasteiger partial charge in [-0.2, -0.15) is 0 Å². The average molecular weight is 573 g/mol. The first-order chi connectivity index (χ1) is 21.0. The van der Waals surface area contributed by atoms with Gasteiger partial charge in [0.1, 0.15) is 0 Å². The number of methoxy groups -OCH3 is 2. The van der Waals surface area contributed by atoms with Gasteiger partial charge in [-0.05, 0) is 71.6 Å². The Balaban J connectivity index is 1.09. The van der Waals surface area contributed by atoms with E-state index in [2.05, 4.69) is 32.7 Å². The Morgan fingerprint density at radius 3 is 2.33 bits per heavy atom. The molecule has 1 aliphatic rings. The van der Waals surface area contributed by atoms with Crippen molar-refractivity contribution in [3.63, 3.8) is 0 Å². The lowest BCUT2D eigenvalue weighted by Gasteiger charge is -2.29. The Labute approximate surface area is 250 Å². The van der Waals surface area contributed by atoms with Gasteiger partial charge in [-0.25, -0.2) is 0 Å². The van der Waals surface area contributed by atoms with Crippen LogP contribution in [0.5, 0.6) is 11.5 Å². The number of ether oxygens (including phenoxy) is 2. The summed E-state index contributed by atoms with van der Waals surface area (Å²) in [4.78, 5) is 33.0. The van der Waals surface area contributed by atoms with Gasteiger partial charge in [-0.3, -0.25) is 19.5 Å². The second-order valence-corrected chi connectivity index (χ2v) is 10.5. The van der Waals surface area contributed by atoms with Crippen LogP contribution in [-0.4, -0.2) is 42.5 Å². The van der Waals surface area contributed by atoms with Crippen LogP contribution in [0.4, 0.5) is 11.4 Å². The molecule has 43 heavy (non-hydrogen) atoms. The number of rotatable bonds is 8. The normalized spacial score (nSPS) is 12.8. The predicted molar refractivity (Wildman–Crippen MR) is 168 cm³/mol. The van der Waals surface area contributed by atoms with Crippen molar-refractivity contribution in [1.82, 2.24) is 9.88 Å². The minimum absolute atomic E-state index is 0.308. The molecule has 0 atom stereocenters. The molecule has 216 valence electrons. The first kappa shape index (κ1) is 27.9. The molecule has 2 heterocycles. The third-order valence-electron chi connectivity index (χ3n) is 7.69. The van der Waals surface area contributed by atoms with Gasteiger partial charge in [-0.15, -0.1) is 0 Å². The van der Waals surface area contributed by atoms with E-state index in [0.717, 1.165) is 54.0 Å². The Kier molecular flexibility index (Phi) is 8.02. The quantitative estimate of drug-likeness (QED) is 0.226. The topological polar surface area (TPSA) is 92.8 Å². The average Bonchev–Trinajstić information content (AvgIpc) is 3.04. The number of amides is 2. The Morgan fingerprint density at radius 1 is 0.814 bits per heavy atom. The Hall–Kier alpha value is -5.21. The van der Waals surface area contributed by atoms with Crippen LogP contribution in [0.2, 0.25) is 0 Å². The lowest BCUT2D eigenvalue weighted by atomic mass is 9.98. The zero-order valence-electron chi connectivity index (χ0n) is 24.1. The number of carbonyl (C=O) groups is 2. The molecule has 0 spiro atoms. The molecule has 5 aromatic rings. The number of pyridine rings is 1. The van der Waals surface area contributed by atoms with Crippen molar-refractivity contribution >= 4 is 34.1 Å². The monoisotopic (exact) mass is 572 g/mol. The third kappa shape index (κ3) is 6.19. The predicted octanol–water partition coefficient (Wildman–Crippen LogP) is 6.31. The van der Waals surface area contributed by atoms with Crippen LogP contribution in [-0.2, 0) is 19.5 Å². The molecule has 0 bridgehead atoms. The zero-order valence-corrected chi connectivity index (χ0v) is 24.1. The van der Waals surface area contributed by atoms with E-state index in [9.17, 15) is 9.59 Å². The number of carbonyl (C=O) groups excluding carboxylic acids is 2. The number of aromatic nitrogens is 1. The fourth-order valence-corrected chi connectivity index (χ4v) is 5.41.